The van der Waals surface area contributed by atoms with Gasteiger partial charge >= 0.3 is 0 Å². The number of thioether (sulfide) groups is 1. The van der Waals surface area contributed by atoms with Crippen LogP contribution in [0.25, 0.3) is 22.2 Å². The van der Waals surface area contributed by atoms with Crippen LogP contribution in [-0.2, 0) is 12.8 Å². The molecule has 3 aromatic heterocycles. The molecule has 4 rings (SSSR count). The molecule has 0 N–H and O–H groups in total. The van der Waals surface area contributed by atoms with Crippen molar-refractivity contribution in [3.8, 4) is 22.2 Å². The van der Waals surface area contributed by atoms with E-state index in [-0.39, 0.29) is 0 Å². The van der Waals surface area contributed by atoms with Crippen LogP contribution in [0.3, 0.4) is 0 Å². The zero-order chi connectivity index (χ0) is 18.1. The molecule has 0 aliphatic heterocycles. The van der Waals surface area contributed by atoms with Gasteiger partial charge in [0.05, 0.1) is 10.6 Å². The van der Waals surface area contributed by atoms with Gasteiger partial charge in [-0.05, 0) is 36.9 Å². The molecule has 4 aromatic rings. The largest absolute Gasteiger partial charge is 0.444 e. The monoisotopic (exact) mass is 382 g/mol. The number of nitrogens with zero attached hydrogens (tertiary/aromatic N) is 4. The quantitative estimate of drug-likeness (QED) is 0.449. The van der Waals surface area contributed by atoms with Crippen LogP contribution in [0.1, 0.15) is 16.8 Å². The van der Waals surface area contributed by atoms with Crippen LogP contribution >= 0.6 is 23.1 Å². The number of rotatable bonds is 5. The van der Waals surface area contributed by atoms with Crippen LogP contribution in [0, 0.1) is 13.8 Å². The highest BCUT2D eigenvalue weighted by Gasteiger charge is 2.14. The summed E-state index contributed by atoms with van der Waals surface area (Å²) in [6.45, 7) is 4.16. The first kappa shape index (κ1) is 17.1. The smallest absolute Gasteiger partial charge is 0.226 e. The molecule has 0 amide bonds. The number of hydrogen-bond donors (Lipinski definition) is 0. The Bertz CT molecular complexity index is 1030. The molecule has 0 aliphatic carbocycles. The molecular formula is C19H18N4OS2. The Balaban J connectivity index is 1.49. The highest BCUT2D eigenvalue weighted by molar-refractivity contribution is 7.98. The topological polar surface area (TPSA) is 56.7 Å². The maximum absolute atomic E-state index is 5.69. The molecule has 0 unspecified atom stereocenters. The van der Waals surface area contributed by atoms with Crippen LogP contribution in [-0.4, -0.2) is 19.7 Å². The maximum Gasteiger partial charge on any atom is 0.226 e. The van der Waals surface area contributed by atoms with E-state index in [1.807, 2.05) is 23.1 Å². The Morgan fingerprint density at radius 2 is 2.08 bits per heavy atom. The predicted octanol–water partition coefficient (Wildman–Crippen LogP) is 5.11. The van der Waals surface area contributed by atoms with E-state index in [4.69, 9.17) is 4.42 Å². The molecule has 3 heterocycles. The first-order valence-electron chi connectivity index (χ1n) is 8.20. The van der Waals surface area contributed by atoms with Crippen LogP contribution < -0.4 is 0 Å². The van der Waals surface area contributed by atoms with E-state index in [0.717, 1.165) is 27.1 Å². The van der Waals surface area contributed by atoms with Gasteiger partial charge in [0.15, 0.2) is 11.0 Å². The minimum atomic E-state index is 0.662. The Labute approximate surface area is 160 Å². The maximum atomic E-state index is 5.69. The number of oxazole rings is 1. The van der Waals surface area contributed by atoms with Gasteiger partial charge in [0.2, 0.25) is 5.89 Å². The SMILES string of the molecule is Cc1ccc(-c2nc(CSc3nnc(-c4cccs4)n3C)co2)c(C)c1. The van der Waals surface area contributed by atoms with Crippen molar-refractivity contribution in [1.29, 1.82) is 0 Å². The van der Waals surface area contributed by atoms with Gasteiger partial charge in [-0.25, -0.2) is 4.98 Å². The Morgan fingerprint density at radius 3 is 2.85 bits per heavy atom. The predicted molar refractivity (Wildman–Crippen MR) is 105 cm³/mol. The second-order valence-electron chi connectivity index (χ2n) is 6.09. The zero-order valence-corrected chi connectivity index (χ0v) is 16.4. The zero-order valence-electron chi connectivity index (χ0n) is 14.8. The summed E-state index contributed by atoms with van der Waals surface area (Å²) in [5, 5.41) is 11.5. The molecule has 0 radical (unpaired) electrons. The fraction of sp³-hybridized carbons (Fsp3) is 0.211. The molecule has 0 saturated carbocycles. The Hall–Kier alpha value is -2.38. The van der Waals surface area contributed by atoms with Crippen molar-refractivity contribution in [2.75, 3.05) is 0 Å². The standard InChI is InChI=1S/C19H18N4OS2/c1-12-6-7-15(13(2)9-12)18-20-14(10-24-18)11-26-19-22-21-17(23(19)3)16-5-4-8-25-16/h4-10H,11H2,1-3H3. The second-order valence-corrected chi connectivity index (χ2v) is 7.98. The van der Waals surface area contributed by atoms with Crippen molar-refractivity contribution in [1.82, 2.24) is 19.7 Å². The van der Waals surface area contributed by atoms with Crippen LogP contribution in [0.4, 0.5) is 0 Å². The van der Waals surface area contributed by atoms with Gasteiger partial charge in [-0.3, -0.25) is 0 Å². The van der Waals surface area contributed by atoms with E-state index in [1.54, 1.807) is 29.4 Å². The van der Waals surface area contributed by atoms with E-state index >= 15 is 0 Å². The lowest BCUT2D eigenvalue weighted by Gasteiger charge is -2.02. The summed E-state index contributed by atoms with van der Waals surface area (Å²) in [6.07, 6.45) is 1.72. The summed E-state index contributed by atoms with van der Waals surface area (Å²) in [5.41, 5.74) is 4.33. The van der Waals surface area contributed by atoms with E-state index in [2.05, 4.69) is 53.3 Å². The van der Waals surface area contributed by atoms with Crippen molar-refractivity contribution in [3.05, 3.63) is 58.8 Å². The van der Waals surface area contributed by atoms with Crippen molar-refractivity contribution in [2.24, 2.45) is 7.05 Å². The molecule has 0 spiro atoms. The highest BCUT2D eigenvalue weighted by Crippen LogP contribution is 2.29. The van der Waals surface area contributed by atoms with E-state index in [1.165, 1.54) is 11.1 Å². The number of benzene rings is 1. The van der Waals surface area contributed by atoms with Gasteiger partial charge < -0.3 is 8.98 Å². The van der Waals surface area contributed by atoms with E-state index < -0.39 is 0 Å². The van der Waals surface area contributed by atoms with E-state index in [9.17, 15) is 0 Å². The van der Waals surface area contributed by atoms with Crippen molar-refractivity contribution >= 4 is 23.1 Å². The minimum absolute atomic E-state index is 0.662. The van der Waals surface area contributed by atoms with Gasteiger partial charge in [0, 0.05) is 18.4 Å². The highest BCUT2D eigenvalue weighted by atomic mass is 32.2. The number of thiophene rings is 1. The molecule has 0 bridgehead atoms. The average molecular weight is 383 g/mol. The third kappa shape index (κ3) is 3.32. The lowest BCUT2D eigenvalue weighted by molar-refractivity contribution is 0.573. The minimum Gasteiger partial charge on any atom is -0.444 e. The summed E-state index contributed by atoms with van der Waals surface area (Å²) >= 11 is 3.27. The molecule has 132 valence electrons. The van der Waals surface area contributed by atoms with Crippen molar-refractivity contribution in [3.63, 3.8) is 0 Å². The average Bonchev–Trinajstić information content (AvgIpc) is 3.34. The normalized spacial score (nSPS) is 11.2. The molecule has 5 nitrogen and oxygen atoms in total. The number of hydrogen-bond acceptors (Lipinski definition) is 6. The lowest BCUT2D eigenvalue weighted by Crippen LogP contribution is -1.94. The molecule has 0 atom stereocenters. The van der Waals surface area contributed by atoms with Gasteiger partial charge in [0.25, 0.3) is 0 Å². The second kappa shape index (κ2) is 7.09. The number of aryl methyl sites for hydroxylation is 2. The third-order valence-corrected chi connectivity index (χ3v) is 6.01. The fourth-order valence-electron chi connectivity index (χ4n) is 2.75. The van der Waals surface area contributed by atoms with Crippen LogP contribution in [0.2, 0.25) is 0 Å². The van der Waals surface area contributed by atoms with Crippen LogP contribution in [0.15, 0.2) is 51.5 Å². The third-order valence-electron chi connectivity index (χ3n) is 4.09. The Kier molecular flexibility index (Phi) is 4.65. The molecule has 1 aromatic carbocycles. The molecule has 7 heteroatoms. The Morgan fingerprint density at radius 1 is 1.19 bits per heavy atom. The lowest BCUT2D eigenvalue weighted by atomic mass is 10.1. The molecule has 0 saturated heterocycles. The summed E-state index contributed by atoms with van der Waals surface area (Å²) in [7, 11) is 1.99. The van der Waals surface area contributed by atoms with Gasteiger partial charge in [-0.1, -0.05) is 35.5 Å². The van der Waals surface area contributed by atoms with E-state index in [0.29, 0.717) is 11.6 Å². The first-order chi connectivity index (χ1) is 12.6. The summed E-state index contributed by atoms with van der Waals surface area (Å²) in [4.78, 5) is 5.75. The van der Waals surface area contributed by atoms with Gasteiger partial charge in [-0.15, -0.1) is 21.5 Å². The number of aromatic nitrogens is 4. The molecule has 0 fully saturated rings. The fourth-order valence-corrected chi connectivity index (χ4v) is 4.28. The van der Waals surface area contributed by atoms with Gasteiger partial charge in [-0.2, -0.15) is 0 Å². The summed E-state index contributed by atoms with van der Waals surface area (Å²) < 4.78 is 7.70. The van der Waals surface area contributed by atoms with Crippen molar-refractivity contribution < 1.29 is 4.42 Å². The summed E-state index contributed by atoms with van der Waals surface area (Å²) in [5.74, 6) is 2.24. The molecule has 26 heavy (non-hydrogen) atoms. The van der Waals surface area contributed by atoms with Crippen LogP contribution in [0.5, 0.6) is 0 Å². The van der Waals surface area contributed by atoms with Crippen molar-refractivity contribution in [2.45, 2.75) is 24.8 Å². The molecular weight excluding hydrogens is 364 g/mol. The summed E-state index contributed by atoms with van der Waals surface area (Å²) in [6, 6.07) is 10.3. The first-order valence-corrected chi connectivity index (χ1v) is 10.1. The van der Waals surface area contributed by atoms with Gasteiger partial charge in [0.1, 0.15) is 6.26 Å². The molecule has 0 aliphatic rings.